The number of nitrogens with zero attached hydrogens (tertiary/aromatic N) is 2. The van der Waals surface area contributed by atoms with Gasteiger partial charge in [-0.2, -0.15) is 0 Å². The Kier molecular flexibility index (Phi) is 7.47. The molecule has 0 saturated carbocycles. The molecular formula is C24H28N2O3. The third-order valence-corrected chi connectivity index (χ3v) is 4.87. The molecule has 0 unspecified atom stereocenters. The molecule has 0 atom stereocenters. The van der Waals surface area contributed by atoms with Gasteiger partial charge < -0.3 is 18.9 Å². The van der Waals surface area contributed by atoms with Crippen LogP contribution in [0.4, 0.5) is 0 Å². The number of benzene rings is 2. The largest absolute Gasteiger partial charge is 0.497 e. The second kappa shape index (κ2) is 10.5. The third-order valence-electron chi connectivity index (χ3n) is 4.87. The summed E-state index contributed by atoms with van der Waals surface area (Å²) in [6, 6.07) is 21.7. The average Bonchev–Trinajstić information content (AvgIpc) is 3.20. The Morgan fingerprint density at radius 2 is 1.72 bits per heavy atom. The Morgan fingerprint density at radius 1 is 0.966 bits per heavy atom. The molecule has 0 aliphatic carbocycles. The van der Waals surface area contributed by atoms with Crippen molar-refractivity contribution in [1.82, 2.24) is 9.47 Å². The van der Waals surface area contributed by atoms with Crippen molar-refractivity contribution < 1.29 is 14.3 Å². The Bertz CT molecular complexity index is 888. The molecular weight excluding hydrogens is 364 g/mol. The van der Waals surface area contributed by atoms with E-state index >= 15 is 0 Å². The van der Waals surface area contributed by atoms with Crippen molar-refractivity contribution in [3.63, 3.8) is 0 Å². The van der Waals surface area contributed by atoms with E-state index in [-0.39, 0.29) is 5.91 Å². The summed E-state index contributed by atoms with van der Waals surface area (Å²) < 4.78 is 12.6. The first kappa shape index (κ1) is 20.7. The van der Waals surface area contributed by atoms with Crippen LogP contribution in [0.15, 0.2) is 72.9 Å². The molecule has 0 radical (unpaired) electrons. The fourth-order valence-corrected chi connectivity index (χ4v) is 3.29. The Labute approximate surface area is 172 Å². The van der Waals surface area contributed by atoms with Crippen LogP contribution in [0, 0.1) is 0 Å². The summed E-state index contributed by atoms with van der Waals surface area (Å²) >= 11 is 0. The average molecular weight is 392 g/mol. The van der Waals surface area contributed by atoms with Crippen molar-refractivity contribution in [2.75, 3.05) is 27.4 Å². The second-order valence-corrected chi connectivity index (χ2v) is 6.91. The van der Waals surface area contributed by atoms with Crippen LogP contribution >= 0.6 is 0 Å². The molecule has 1 aromatic heterocycles. The van der Waals surface area contributed by atoms with E-state index in [2.05, 4.69) is 29.0 Å². The number of methoxy groups -OCH3 is 2. The minimum Gasteiger partial charge on any atom is -0.497 e. The summed E-state index contributed by atoms with van der Waals surface area (Å²) in [7, 11) is 3.30. The van der Waals surface area contributed by atoms with Crippen LogP contribution in [0.3, 0.4) is 0 Å². The van der Waals surface area contributed by atoms with Gasteiger partial charge in [0.25, 0.3) is 5.91 Å². The first-order chi connectivity index (χ1) is 14.2. The van der Waals surface area contributed by atoms with Crippen LogP contribution in [0.2, 0.25) is 0 Å². The molecule has 0 fully saturated rings. The highest BCUT2D eigenvalue weighted by Gasteiger charge is 2.17. The monoisotopic (exact) mass is 392 g/mol. The van der Waals surface area contributed by atoms with Crippen LogP contribution in [0.1, 0.15) is 28.0 Å². The zero-order chi connectivity index (χ0) is 20.5. The highest BCUT2D eigenvalue weighted by Crippen LogP contribution is 2.16. The lowest BCUT2D eigenvalue weighted by atomic mass is 10.1. The number of amides is 1. The molecule has 2 aromatic carbocycles. The summed E-state index contributed by atoms with van der Waals surface area (Å²) in [5, 5.41) is 0. The van der Waals surface area contributed by atoms with Crippen LogP contribution in [-0.4, -0.2) is 42.7 Å². The zero-order valence-corrected chi connectivity index (χ0v) is 17.1. The number of carbonyl (C=O) groups excluding carboxylic acids is 1. The normalized spacial score (nSPS) is 10.7. The van der Waals surface area contributed by atoms with Gasteiger partial charge in [-0.1, -0.05) is 30.3 Å². The van der Waals surface area contributed by atoms with Gasteiger partial charge in [0.15, 0.2) is 0 Å². The van der Waals surface area contributed by atoms with E-state index in [1.165, 1.54) is 5.56 Å². The fourth-order valence-electron chi connectivity index (χ4n) is 3.29. The standard InChI is InChI=1S/C24H28N2O3/c1-28-17-7-16-26(24(27)21-11-13-23(29-2)14-12-21)19-22-10-6-15-25(22)18-20-8-4-3-5-9-20/h3-6,8-15H,7,16-19H2,1-2H3. The van der Waals surface area contributed by atoms with Crippen molar-refractivity contribution in [3.8, 4) is 5.75 Å². The minimum absolute atomic E-state index is 0.0104. The topological polar surface area (TPSA) is 43.7 Å². The molecule has 3 aromatic rings. The van der Waals surface area contributed by atoms with Gasteiger partial charge in [-0.3, -0.25) is 4.79 Å². The van der Waals surface area contributed by atoms with Gasteiger partial charge in [0, 0.05) is 44.3 Å². The molecule has 152 valence electrons. The summed E-state index contributed by atoms with van der Waals surface area (Å²) in [5.74, 6) is 0.750. The van der Waals surface area contributed by atoms with Crippen LogP contribution in [0.25, 0.3) is 0 Å². The molecule has 0 aliphatic heterocycles. The molecule has 5 nitrogen and oxygen atoms in total. The lowest BCUT2D eigenvalue weighted by molar-refractivity contribution is 0.0720. The van der Waals surface area contributed by atoms with Gasteiger partial charge in [-0.05, 0) is 48.4 Å². The molecule has 29 heavy (non-hydrogen) atoms. The summed E-state index contributed by atoms with van der Waals surface area (Å²) in [6.07, 6.45) is 2.85. The molecule has 0 N–H and O–H groups in total. The van der Waals surface area contributed by atoms with E-state index in [0.717, 1.165) is 24.4 Å². The smallest absolute Gasteiger partial charge is 0.254 e. The SMILES string of the molecule is COCCCN(Cc1cccn1Cc1ccccc1)C(=O)c1ccc(OC)cc1. The minimum atomic E-state index is 0.0104. The highest BCUT2D eigenvalue weighted by molar-refractivity contribution is 5.94. The third kappa shape index (κ3) is 5.72. The zero-order valence-electron chi connectivity index (χ0n) is 17.1. The van der Waals surface area contributed by atoms with Crippen molar-refractivity contribution in [1.29, 1.82) is 0 Å². The van der Waals surface area contributed by atoms with E-state index in [0.29, 0.717) is 25.3 Å². The van der Waals surface area contributed by atoms with Gasteiger partial charge in [0.05, 0.1) is 13.7 Å². The maximum atomic E-state index is 13.2. The molecule has 3 rings (SSSR count). The lowest BCUT2D eigenvalue weighted by Gasteiger charge is -2.24. The van der Waals surface area contributed by atoms with E-state index < -0.39 is 0 Å². The van der Waals surface area contributed by atoms with E-state index in [1.54, 1.807) is 14.2 Å². The van der Waals surface area contributed by atoms with Crippen molar-refractivity contribution >= 4 is 5.91 Å². The summed E-state index contributed by atoms with van der Waals surface area (Å²) in [4.78, 5) is 15.1. The van der Waals surface area contributed by atoms with Gasteiger partial charge in [0.1, 0.15) is 5.75 Å². The summed E-state index contributed by atoms with van der Waals surface area (Å²) in [5.41, 5.74) is 3.00. The maximum Gasteiger partial charge on any atom is 0.254 e. The number of rotatable bonds is 10. The van der Waals surface area contributed by atoms with E-state index in [1.807, 2.05) is 53.4 Å². The molecule has 0 saturated heterocycles. The molecule has 1 amide bonds. The number of hydrogen-bond donors (Lipinski definition) is 0. The Hall–Kier alpha value is -3.05. The van der Waals surface area contributed by atoms with E-state index in [4.69, 9.17) is 9.47 Å². The predicted molar refractivity (Wildman–Crippen MR) is 114 cm³/mol. The van der Waals surface area contributed by atoms with Gasteiger partial charge >= 0.3 is 0 Å². The maximum absolute atomic E-state index is 13.2. The molecule has 5 heteroatoms. The number of carbonyl (C=O) groups is 1. The first-order valence-electron chi connectivity index (χ1n) is 9.81. The Balaban J connectivity index is 1.76. The second-order valence-electron chi connectivity index (χ2n) is 6.91. The molecule has 0 aliphatic rings. The summed E-state index contributed by atoms with van der Waals surface area (Å²) in [6.45, 7) is 2.59. The number of hydrogen-bond acceptors (Lipinski definition) is 3. The highest BCUT2D eigenvalue weighted by atomic mass is 16.5. The van der Waals surface area contributed by atoms with Crippen molar-refractivity contribution in [3.05, 3.63) is 89.7 Å². The predicted octanol–water partition coefficient (Wildman–Crippen LogP) is 4.22. The lowest BCUT2D eigenvalue weighted by Crippen LogP contribution is -2.33. The molecule has 1 heterocycles. The molecule has 0 spiro atoms. The van der Waals surface area contributed by atoms with Crippen molar-refractivity contribution in [2.45, 2.75) is 19.5 Å². The van der Waals surface area contributed by atoms with Crippen molar-refractivity contribution in [2.24, 2.45) is 0 Å². The van der Waals surface area contributed by atoms with E-state index in [9.17, 15) is 4.79 Å². The number of ether oxygens (including phenoxy) is 2. The van der Waals surface area contributed by atoms with Crippen LogP contribution in [-0.2, 0) is 17.8 Å². The van der Waals surface area contributed by atoms with Gasteiger partial charge in [-0.25, -0.2) is 0 Å². The molecule has 0 bridgehead atoms. The van der Waals surface area contributed by atoms with Crippen LogP contribution in [0.5, 0.6) is 5.75 Å². The first-order valence-corrected chi connectivity index (χ1v) is 9.81. The van der Waals surface area contributed by atoms with Gasteiger partial charge in [-0.15, -0.1) is 0 Å². The fraction of sp³-hybridized carbons (Fsp3) is 0.292. The number of aromatic nitrogens is 1. The van der Waals surface area contributed by atoms with Crippen LogP contribution < -0.4 is 4.74 Å². The van der Waals surface area contributed by atoms with Gasteiger partial charge in [0.2, 0.25) is 0 Å². The quantitative estimate of drug-likeness (QED) is 0.485. The Morgan fingerprint density at radius 3 is 2.41 bits per heavy atom.